The fraction of sp³-hybridized carbons (Fsp3) is 0.588. The Balaban J connectivity index is 1.65. The second-order valence-corrected chi connectivity index (χ2v) is 7.73. The van der Waals surface area contributed by atoms with Gasteiger partial charge < -0.3 is 15.0 Å². The highest BCUT2D eigenvalue weighted by atomic mass is 35.5. The summed E-state index contributed by atoms with van der Waals surface area (Å²) in [6.07, 6.45) is 0.421. The number of nitrogens with one attached hydrogen (secondary N) is 1. The van der Waals surface area contributed by atoms with Gasteiger partial charge in [-0.2, -0.15) is 11.8 Å². The SMILES string of the molecule is CC1COC(c2ccccc2Cl)CN1C(=O)CC1CSCCN1. The molecule has 2 aliphatic heterocycles. The van der Waals surface area contributed by atoms with Crippen LogP contribution in [-0.4, -0.2) is 54.1 Å². The van der Waals surface area contributed by atoms with Crippen LogP contribution in [0.4, 0.5) is 0 Å². The molecule has 2 saturated heterocycles. The molecule has 3 atom stereocenters. The normalized spacial score (nSPS) is 28.6. The minimum atomic E-state index is -0.141. The maximum atomic E-state index is 12.7. The van der Waals surface area contributed by atoms with Crippen molar-refractivity contribution < 1.29 is 9.53 Å². The van der Waals surface area contributed by atoms with Crippen LogP contribution in [0.2, 0.25) is 5.02 Å². The predicted octanol–water partition coefficient (Wildman–Crippen LogP) is 2.72. The maximum absolute atomic E-state index is 12.7. The summed E-state index contributed by atoms with van der Waals surface area (Å²) >= 11 is 8.20. The maximum Gasteiger partial charge on any atom is 0.224 e. The minimum Gasteiger partial charge on any atom is -0.369 e. The Morgan fingerprint density at radius 1 is 1.48 bits per heavy atom. The lowest BCUT2D eigenvalue weighted by molar-refractivity contribution is -0.144. The van der Waals surface area contributed by atoms with Crippen LogP contribution in [0, 0.1) is 0 Å². The number of nitrogens with zero attached hydrogens (tertiary/aromatic N) is 1. The molecule has 1 amide bonds. The van der Waals surface area contributed by atoms with Gasteiger partial charge >= 0.3 is 0 Å². The van der Waals surface area contributed by atoms with Gasteiger partial charge in [-0.15, -0.1) is 0 Å². The molecule has 4 nitrogen and oxygen atoms in total. The Bertz CT molecular complexity index is 551. The van der Waals surface area contributed by atoms with Crippen LogP contribution >= 0.6 is 23.4 Å². The molecule has 6 heteroatoms. The Morgan fingerprint density at radius 3 is 3.04 bits per heavy atom. The van der Waals surface area contributed by atoms with Crippen molar-refractivity contribution in [1.82, 2.24) is 10.2 Å². The lowest BCUT2D eigenvalue weighted by atomic mass is 10.0. The number of morpholine rings is 1. The Hall–Kier alpha value is -0.750. The fourth-order valence-corrected chi connectivity index (χ4v) is 4.31. The van der Waals surface area contributed by atoms with Gasteiger partial charge in [0, 0.05) is 41.1 Å². The molecule has 1 N–H and O–H groups in total. The highest BCUT2D eigenvalue weighted by Gasteiger charge is 2.32. The number of hydrogen-bond acceptors (Lipinski definition) is 4. The zero-order valence-electron chi connectivity index (χ0n) is 13.3. The van der Waals surface area contributed by atoms with E-state index in [1.165, 1.54) is 0 Å². The molecule has 2 heterocycles. The number of ether oxygens (including phenoxy) is 1. The number of amides is 1. The van der Waals surface area contributed by atoms with Gasteiger partial charge in [0.05, 0.1) is 19.2 Å². The van der Waals surface area contributed by atoms with Gasteiger partial charge in [0.2, 0.25) is 5.91 Å². The molecule has 1 aromatic carbocycles. The first-order valence-corrected chi connectivity index (χ1v) is 9.65. The molecule has 23 heavy (non-hydrogen) atoms. The van der Waals surface area contributed by atoms with Crippen molar-refractivity contribution in [3.8, 4) is 0 Å². The fourth-order valence-electron chi connectivity index (χ4n) is 3.11. The first-order chi connectivity index (χ1) is 11.1. The molecule has 0 spiro atoms. The zero-order valence-corrected chi connectivity index (χ0v) is 14.9. The molecule has 2 aliphatic rings. The third-order valence-electron chi connectivity index (χ3n) is 4.43. The van der Waals surface area contributed by atoms with E-state index in [1.54, 1.807) is 0 Å². The van der Waals surface area contributed by atoms with Crippen molar-refractivity contribution in [3.05, 3.63) is 34.9 Å². The van der Waals surface area contributed by atoms with E-state index in [0.29, 0.717) is 24.6 Å². The van der Waals surface area contributed by atoms with Gasteiger partial charge in [-0.25, -0.2) is 0 Å². The number of hydrogen-bond donors (Lipinski definition) is 1. The minimum absolute atomic E-state index is 0.109. The average Bonchev–Trinajstić information content (AvgIpc) is 2.57. The topological polar surface area (TPSA) is 41.6 Å². The molecule has 126 valence electrons. The predicted molar refractivity (Wildman–Crippen MR) is 95.1 cm³/mol. The number of thioether (sulfide) groups is 1. The summed E-state index contributed by atoms with van der Waals surface area (Å²) in [4.78, 5) is 14.7. The molecule has 0 radical (unpaired) electrons. The van der Waals surface area contributed by atoms with E-state index in [2.05, 4.69) is 5.32 Å². The summed E-state index contributed by atoms with van der Waals surface area (Å²) in [5, 5.41) is 4.13. The van der Waals surface area contributed by atoms with Crippen LogP contribution in [0.25, 0.3) is 0 Å². The van der Waals surface area contributed by atoms with E-state index in [1.807, 2.05) is 47.9 Å². The Kier molecular flexibility index (Phi) is 5.85. The number of carbonyl (C=O) groups excluding carboxylic acids is 1. The van der Waals surface area contributed by atoms with Gasteiger partial charge in [-0.1, -0.05) is 29.8 Å². The first kappa shape index (κ1) is 17.1. The highest BCUT2D eigenvalue weighted by molar-refractivity contribution is 7.99. The van der Waals surface area contributed by atoms with E-state index < -0.39 is 0 Å². The molecular weight excluding hydrogens is 332 g/mol. The van der Waals surface area contributed by atoms with Gasteiger partial charge in [-0.05, 0) is 13.0 Å². The summed E-state index contributed by atoms with van der Waals surface area (Å²) in [7, 11) is 0. The van der Waals surface area contributed by atoms with E-state index >= 15 is 0 Å². The van der Waals surface area contributed by atoms with Crippen LogP contribution in [0.1, 0.15) is 25.0 Å². The molecule has 0 saturated carbocycles. The summed E-state index contributed by atoms with van der Waals surface area (Å²) in [5.41, 5.74) is 0.963. The van der Waals surface area contributed by atoms with Gasteiger partial charge in [-0.3, -0.25) is 4.79 Å². The summed E-state index contributed by atoms with van der Waals surface area (Å²) in [6.45, 7) is 4.16. The van der Waals surface area contributed by atoms with Crippen molar-refractivity contribution in [3.63, 3.8) is 0 Å². The first-order valence-electron chi connectivity index (χ1n) is 8.12. The molecule has 0 aromatic heterocycles. The van der Waals surface area contributed by atoms with E-state index in [-0.39, 0.29) is 24.1 Å². The summed E-state index contributed by atoms with van der Waals surface area (Å²) in [5.74, 6) is 2.35. The number of halogens is 1. The molecule has 3 rings (SSSR count). The van der Waals surface area contributed by atoms with Crippen molar-refractivity contribution in [2.24, 2.45) is 0 Å². The van der Waals surface area contributed by atoms with Crippen LogP contribution in [0.5, 0.6) is 0 Å². The van der Waals surface area contributed by atoms with Gasteiger partial charge in [0.25, 0.3) is 0 Å². The van der Waals surface area contributed by atoms with E-state index in [0.717, 1.165) is 23.6 Å². The largest absolute Gasteiger partial charge is 0.369 e. The van der Waals surface area contributed by atoms with Crippen molar-refractivity contribution in [2.45, 2.75) is 31.5 Å². The number of rotatable bonds is 3. The Labute approximate surface area is 146 Å². The summed E-state index contributed by atoms with van der Waals surface area (Å²) < 4.78 is 5.93. The molecule has 1 aromatic rings. The Morgan fingerprint density at radius 2 is 2.30 bits per heavy atom. The average molecular weight is 355 g/mol. The standard InChI is InChI=1S/C17H23ClN2O2S/c1-12-10-22-16(14-4-2-3-5-15(14)18)9-20(12)17(21)8-13-11-23-7-6-19-13/h2-5,12-13,16,19H,6-11H2,1H3. The number of benzene rings is 1. The lowest BCUT2D eigenvalue weighted by Crippen LogP contribution is -2.50. The second-order valence-electron chi connectivity index (χ2n) is 6.17. The van der Waals surface area contributed by atoms with Crippen LogP contribution in [-0.2, 0) is 9.53 Å². The molecular formula is C17H23ClN2O2S. The quantitative estimate of drug-likeness (QED) is 0.906. The highest BCUT2D eigenvalue weighted by Crippen LogP contribution is 2.30. The summed E-state index contributed by atoms with van der Waals surface area (Å²) in [6, 6.07) is 8.11. The molecule has 0 bridgehead atoms. The van der Waals surface area contributed by atoms with Crippen LogP contribution < -0.4 is 5.32 Å². The van der Waals surface area contributed by atoms with Crippen LogP contribution in [0.15, 0.2) is 24.3 Å². The van der Waals surface area contributed by atoms with E-state index in [9.17, 15) is 4.79 Å². The number of carbonyl (C=O) groups is 1. The van der Waals surface area contributed by atoms with Crippen LogP contribution in [0.3, 0.4) is 0 Å². The van der Waals surface area contributed by atoms with Crippen molar-refractivity contribution >= 4 is 29.3 Å². The van der Waals surface area contributed by atoms with E-state index in [4.69, 9.17) is 16.3 Å². The smallest absolute Gasteiger partial charge is 0.224 e. The monoisotopic (exact) mass is 354 g/mol. The molecule has 0 aliphatic carbocycles. The van der Waals surface area contributed by atoms with Gasteiger partial charge in [0.15, 0.2) is 0 Å². The lowest BCUT2D eigenvalue weighted by Gasteiger charge is -2.39. The van der Waals surface area contributed by atoms with Crippen molar-refractivity contribution in [2.75, 3.05) is 31.2 Å². The van der Waals surface area contributed by atoms with Gasteiger partial charge in [0.1, 0.15) is 6.10 Å². The molecule has 2 fully saturated rings. The third-order valence-corrected chi connectivity index (χ3v) is 5.90. The third kappa shape index (κ3) is 4.21. The zero-order chi connectivity index (χ0) is 16.2. The van der Waals surface area contributed by atoms with Crippen molar-refractivity contribution in [1.29, 1.82) is 0 Å². The molecule has 3 unspecified atom stereocenters. The second kappa shape index (κ2) is 7.88.